The Balaban J connectivity index is 1.96. The predicted molar refractivity (Wildman–Crippen MR) is 83.1 cm³/mol. The molecule has 0 saturated carbocycles. The third-order valence-electron chi connectivity index (χ3n) is 3.66. The van der Waals surface area contributed by atoms with E-state index in [1.54, 1.807) is 0 Å². The largest absolute Gasteiger partial charge is 0.308 e. The summed E-state index contributed by atoms with van der Waals surface area (Å²) in [5.41, 5.74) is 2.77. The van der Waals surface area contributed by atoms with Crippen molar-refractivity contribution in [1.82, 2.24) is 4.90 Å². The van der Waals surface area contributed by atoms with Crippen LogP contribution in [-0.4, -0.2) is 25.5 Å². The zero-order valence-corrected chi connectivity index (χ0v) is 11.5. The van der Waals surface area contributed by atoms with E-state index >= 15 is 0 Å². The first-order valence-electron chi connectivity index (χ1n) is 6.76. The fraction of sp³-hybridized carbons (Fsp3) is 0.222. The Morgan fingerprint density at radius 3 is 2.58 bits per heavy atom. The maximum absolute atomic E-state index is 2.30. The number of rotatable bonds is 3. The van der Waals surface area contributed by atoms with Gasteiger partial charge in [-0.3, -0.25) is 0 Å². The summed E-state index contributed by atoms with van der Waals surface area (Å²) in [4.78, 5) is 2.25. The van der Waals surface area contributed by atoms with Crippen LogP contribution in [-0.2, 0) is 0 Å². The molecule has 0 aromatic heterocycles. The van der Waals surface area contributed by atoms with Gasteiger partial charge in [0.05, 0.1) is 0 Å². The second kappa shape index (κ2) is 5.02. The Hall–Kier alpha value is -1.86. The van der Waals surface area contributed by atoms with Gasteiger partial charge in [0.2, 0.25) is 0 Å². The van der Waals surface area contributed by atoms with Crippen molar-refractivity contribution in [2.24, 2.45) is 5.92 Å². The summed E-state index contributed by atoms with van der Waals surface area (Å²) in [6, 6.07) is 15.3. The molecule has 2 aromatic carbocycles. The Labute approximate surface area is 114 Å². The number of nitrogens with zero attached hydrogens (tertiary/aromatic N) is 1. The molecule has 19 heavy (non-hydrogen) atoms. The minimum Gasteiger partial charge on any atom is -0.308 e. The Morgan fingerprint density at radius 2 is 1.79 bits per heavy atom. The maximum atomic E-state index is 2.30. The van der Waals surface area contributed by atoms with Crippen LogP contribution in [0.25, 0.3) is 16.3 Å². The average Bonchev–Trinajstić information content (AvgIpc) is 2.85. The zero-order chi connectivity index (χ0) is 13.2. The number of benzene rings is 2. The van der Waals surface area contributed by atoms with Gasteiger partial charge in [-0.1, -0.05) is 54.6 Å². The lowest BCUT2D eigenvalue weighted by Gasteiger charge is -2.19. The van der Waals surface area contributed by atoms with Crippen LogP contribution in [0, 0.1) is 5.92 Å². The molecule has 3 rings (SSSR count). The van der Waals surface area contributed by atoms with Crippen molar-refractivity contribution >= 4 is 16.3 Å². The van der Waals surface area contributed by atoms with Crippen molar-refractivity contribution in [3.8, 4) is 0 Å². The third-order valence-corrected chi connectivity index (χ3v) is 3.66. The van der Waals surface area contributed by atoms with Crippen LogP contribution in [0.3, 0.4) is 0 Å². The van der Waals surface area contributed by atoms with Gasteiger partial charge >= 0.3 is 0 Å². The lowest BCUT2D eigenvalue weighted by Crippen LogP contribution is -2.20. The average molecular weight is 249 g/mol. The van der Waals surface area contributed by atoms with E-state index < -0.39 is 0 Å². The van der Waals surface area contributed by atoms with Crippen LogP contribution in [0.2, 0.25) is 0 Å². The van der Waals surface area contributed by atoms with E-state index in [9.17, 15) is 0 Å². The third kappa shape index (κ3) is 2.47. The van der Waals surface area contributed by atoms with Crippen LogP contribution in [0.15, 0.2) is 60.7 Å². The number of fused-ring (bicyclic) bond motifs is 1. The summed E-state index contributed by atoms with van der Waals surface area (Å²) < 4.78 is 0. The lowest BCUT2D eigenvalue weighted by molar-refractivity contribution is 0.390. The van der Waals surface area contributed by atoms with Gasteiger partial charge in [-0.05, 0) is 42.1 Å². The quantitative estimate of drug-likeness (QED) is 0.795. The standard InChI is InChI=1S/C18H19N/c1-19(2)13-17-8-5-9-18(17)16-11-10-14-6-3-4-7-15(14)12-16/h3-12,17H,13H2,1-2H3. The fourth-order valence-corrected chi connectivity index (χ4v) is 2.75. The molecule has 0 heterocycles. The first-order chi connectivity index (χ1) is 9.24. The monoisotopic (exact) mass is 249 g/mol. The molecule has 1 nitrogen and oxygen atoms in total. The van der Waals surface area contributed by atoms with Gasteiger partial charge in [0.15, 0.2) is 0 Å². The highest BCUT2D eigenvalue weighted by atomic mass is 15.1. The van der Waals surface area contributed by atoms with Crippen LogP contribution < -0.4 is 0 Å². The molecule has 0 bridgehead atoms. The highest BCUT2D eigenvalue weighted by Crippen LogP contribution is 2.31. The van der Waals surface area contributed by atoms with Crippen LogP contribution >= 0.6 is 0 Å². The van der Waals surface area contributed by atoms with E-state index in [1.165, 1.54) is 21.9 Å². The van der Waals surface area contributed by atoms with Gasteiger partial charge in [0.1, 0.15) is 0 Å². The van der Waals surface area contributed by atoms with Gasteiger partial charge in [0.25, 0.3) is 0 Å². The molecule has 1 atom stereocenters. The van der Waals surface area contributed by atoms with E-state index in [0.717, 1.165) is 6.54 Å². The molecule has 0 aliphatic heterocycles. The summed E-state index contributed by atoms with van der Waals surface area (Å²) in [6.45, 7) is 1.06. The molecule has 2 aromatic rings. The second-order valence-corrected chi connectivity index (χ2v) is 5.44. The molecule has 96 valence electrons. The van der Waals surface area contributed by atoms with E-state index in [1.807, 2.05) is 0 Å². The molecule has 1 unspecified atom stereocenters. The smallest absolute Gasteiger partial charge is 0.0154 e. The summed E-state index contributed by atoms with van der Waals surface area (Å²) in [6.07, 6.45) is 6.72. The molecule has 0 amide bonds. The second-order valence-electron chi connectivity index (χ2n) is 5.44. The van der Waals surface area contributed by atoms with Crippen molar-refractivity contribution in [3.05, 3.63) is 66.3 Å². The Kier molecular flexibility index (Phi) is 3.22. The van der Waals surface area contributed by atoms with Crippen molar-refractivity contribution in [1.29, 1.82) is 0 Å². The first kappa shape index (κ1) is 12.2. The highest BCUT2D eigenvalue weighted by Gasteiger charge is 2.17. The fourth-order valence-electron chi connectivity index (χ4n) is 2.75. The minimum absolute atomic E-state index is 0.510. The van der Waals surface area contributed by atoms with Crippen molar-refractivity contribution in [2.45, 2.75) is 0 Å². The van der Waals surface area contributed by atoms with Gasteiger partial charge < -0.3 is 4.90 Å². The van der Waals surface area contributed by atoms with Crippen molar-refractivity contribution in [3.63, 3.8) is 0 Å². The van der Waals surface area contributed by atoms with Crippen molar-refractivity contribution in [2.75, 3.05) is 20.6 Å². The van der Waals surface area contributed by atoms with Crippen LogP contribution in [0.5, 0.6) is 0 Å². The topological polar surface area (TPSA) is 3.24 Å². The lowest BCUT2D eigenvalue weighted by atomic mass is 9.93. The molecule has 0 saturated heterocycles. The molecule has 1 heteroatoms. The normalized spacial score (nSPS) is 18.3. The number of hydrogen-bond acceptors (Lipinski definition) is 1. The predicted octanol–water partition coefficient (Wildman–Crippen LogP) is 3.97. The summed E-state index contributed by atoms with van der Waals surface area (Å²) in [7, 11) is 4.26. The van der Waals surface area contributed by atoms with E-state index in [0.29, 0.717) is 5.92 Å². The summed E-state index contributed by atoms with van der Waals surface area (Å²) in [5, 5.41) is 2.62. The Bertz CT molecular complexity index is 650. The number of allylic oxidation sites excluding steroid dienone is 2. The molecular formula is C18H19N. The van der Waals surface area contributed by atoms with Crippen LogP contribution in [0.4, 0.5) is 0 Å². The van der Waals surface area contributed by atoms with Gasteiger partial charge in [-0.15, -0.1) is 0 Å². The Morgan fingerprint density at radius 1 is 1.00 bits per heavy atom. The zero-order valence-electron chi connectivity index (χ0n) is 11.5. The van der Waals surface area contributed by atoms with E-state index in [2.05, 4.69) is 79.7 Å². The molecule has 0 radical (unpaired) electrons. The van der Waals surface area contributed by atoms with E-state index in [4.69, 9.17) is 0 Å². The highest BCUT2D eigenvalue weighted by molar-refractivity contribution is 5.87. The summed E-state index contributed by atoms with van der Waals surface area (Å²) in [5.74, 6) is 0.510. The molecule has 0 fully saturated rings. The van der Waals surface area contributed by atoms with Crippen molar-refractivity contribution < 1.29 is 0 Å². The SMILES string of the molecule is CN(C)CC1C=CC=C1c1ccc2ccccc2c1. The molecule has 0 N–H and O–H groups in total. The minimum atomic E-state index is 0.510. The molecular weight excluding hydrogens is 230 g/mol. The number of hydrogen-bond donors (Lipinski definition) is 0. The maximum Gasteiger partial charge on any atom is 0.0154 e. The van der Waals surface area contributed by atoms with Gasteiger partial charge in [0, 0.05) is 12.5 Å². The molecule has 1 aliphatic carbocycles. The van der Waals surface area contributed by atoms with Gasteiger partial charge in [-0.25, -0.2) is 0 Å². The van der Waals surface area contributed by atoms with Gasteiger partial charge in [-0.2, -0.15) is 0 Å². The summed E-state index contributed by atoms with van der Waals surface area (Å²) >= 11 is 0. The molecule has 1 aliphatic rings. The molecule has 0 spiro atoms. The first-order valence-corrected chi connectivity index (χ1v) is 6.76. The van der Waals surface area contributed by atoms with E-state index in [-0.39, 0.29) is 0 Å². The van der Waals surface area contributed by atoms with Crippen LogP contribution in [0.1, 0.15) is 5.56 Å².